The molecule has 1 fully saturated rings. The van der Waals surface area contributed by atoms with Gasteiger partial charge >= 0.3 is 0 Å². The molecule has 0 aliphatic carbocycles. The molecule has 0 radical (unpaired) electrons. The Bertz CT molecular complexity index is 809. The Hall–Kier alpha value is -2.60. The Morgan fingerprint density at radius 2 is 1.14 bits per heavy atom. The highest BCUT2D eigenvalue weighted by Crippen LogP contribution is 2.51. The number of benzene rings is 2. The van der Waals surface area contributed by atoms with Crippen molar-refractivity contribution in [3.05, 3.63) is 41.5 Å². The summed E-state index contributed by atoms with van der Waals surface area (Å²) in [6, 6.07) is 9.49. The van der Waals surface area contributed by atoms with Gasteiger partial charge in [0, 0.05) is 0 Å². The third kappa shape index (κ3) is 3.44. The Morgan fingerprint density at radius 3 is 1.64 bits per heavy atom. The predicted molar refractivity (Wildman–Crippen MR) is 106 cm³/mol. The second-order valence-electron chi connectivity index (χ2n) is 7.08. The molecule has 0 unspecified atom stereocenters. The molecule has 3 rings (SSSR count). The second kappa shape index (κ2) is 8.19. The lowest BCUT2D eigenvalue weighted by Gasteiger charge is -2.19. The van der Waals surface area contributed by atoms with Crippen molar-refractivity contribution in [1.82, 2.24) is 0 Å². The molecule has 2 aromatic carbocycles. The van der Waals surface area contributed by atoms with E-state index in [1.165, 1.54) is 14.2 Å². The summed E-state index contributed by atoms with van der Waals surface area (Å²) < 4.78 is 27.9. The summed E-state index contributed by atoms with van der Waals surface area (Å²) in [6.07, 6.45) is -0.248. The van der Waals surface area contributed by atoms with Gasteiger partial charge in [-0.3, -0.25) is 0 Å². The van der Waals surface area contributed by atoms with E-state index >= 15 is 0 Å². The molecule has 2 aromatic rings. The minimum Gasteiger partial charge on any atom is -0.502 e. The molecule has 6 nitrogen and oxygen atoms in total. The molecule has 0 bridgehead atoms. The fourth-order valence-electron chi connectivity index (χ4n) is 3.83. The lowest BCUT2D eigenvalue weighted by atomic mass is 9.85. The Kier molecular flexibility index (Phi) is 5.89. The van der Waals surface area contributed by atoms with Crippen molar-refractivity contribution in [1.29, 1.82) is 0 Å². The fraction of sp³-hybridized carbons (Fsp3) is 0.455. The van der Waals surface area contributed by atoms with Gasteiger partial charge in [0.2, 0.25) is 5.75 Å². The molecule has 0 saturated carbocycles. The third-order valence-corrected chi connectivity index (χ3v) is 5.64. The molecule has 0 amide bonds. The first-order valence-electron chi connectivity index (χ1n) is 9.27. The first-order valence-corrected chi connectivity index (χ1v) is 9.27. The van der Waals surface area contributed by atoms with Gasteiger partial charge in [-0.15, -0.1) is 0 Å². The average Bonchev–Trinajstić information content (AvgIpc) is 3.02. The molecule has 28 heavy (non-hydrogen) atoms. The van der Waals surface area contributed by atoms with Crippen molar-refractivity contribution in [2.45, 2.75) is 26.1 Å². The summed E-state index contributed by atoms with van der Waals surface area (Å²) in [6.45, 7) is 4.35. The van der Waals surface area contributed by atoms with Crippen molar-refractivity contribution >= 4 is 0 Å². The second-order valence-corrected chi connectivity index (χ2v) is 7.08. The van der Waals surface area contributed by atoms with Crippen LogP contribution in [-0.4, -0.2) is 33.5 Å². The van der Waals surface area contributed by atoms with Crippen LogP contribution in [0.25, 0.3) is 0 Å². The molecular formula is C22H28O6. The molecule has 1 saturated heterocycles. The number of hydrogen-bond donors (Lipinski definition) is 1. The lowest BCUT2D eigenvalue weighted by molar-refractivity contribution is 0.0286. The highest BCUT2D eigenvalue weighted by molar-refractivity contribution is 5.53. The maximum atomic E-state index is 10.2. The van der Waals surface area contributed by atoms with Crippen LogP contribution in [0.15, 0.2) is 30.3 Å². The van der Waals surface area contributed by atoms with Gasteiger partial charge in [0.15, 0.2) is 23.0 Å². The predicted octanol–water partition coefficient (Wildman–Crippen LogP) is 4.51. The number of phenolic OH excluding ortho intramolecular Hbond substituents is 1. The first kappa shape index (κ1) is 20.1. The summed E-state index contributed by atoms with van der Waals surface area (Å²) in [4.78, 5) is 0. The van der Waals surface area contributed by atoms with E-state index in [4.69, 9.17) is 23.7 Å². The van der Waals surface area contributed by atoms with Crippen LogP contribution in [0.2, 0.25) is 0 Å². The average molecular weight is 388 g/mol. The lowest BCUT2D eigenvalue weighted by Crippen LogP contribution is -2.10. The molecule has 6 heteroatoms. The van der Waals surface area contributed by atoms with Crippen molar-refractivity contribution in [3.63, 3.8) is 0 Å². The van der Waals surface area contributed by atoms with Crippen LogP contribution in [0.5, 0.6) is 28.7 Å². The van der Waals surface area contributed by atoms with Crippen LogP contribution in [0.1, 0.15) is 37.2 Å². The van der Waals surface area contributed by atoms with Crippen molar-refractivity contribution < 1.29 is 28.8 Å². The minimum atomic E-state index is -0.156. The van der Waals surface area contributed by atoms with E-state index in [1.807, 2.05) is 30.3 Å². The highest BCUT2D eigenvalue weighted by atomic mass is 16.5. The topological polar surface area (TPSA) is 66.4 Å². The van der Waals surface area contributed by atoms with Gasteiger partial charge in [-0.25, -0.2) is 0 Å². The first-order chi connectivity index (χ1) is 13.4. The Morgan fingerprint density at radius 1 is 0.679 bits per heavy atom. The molecule has 1 N–H and O–H groups in total. The zero-order chi connectivity index (χ0) is 20.4. The summed E-state index contributed by atoms with van der Waals surface area (Å²) in [5.41, 5.74) is 1.95. The third-order valence-electron chi connectivity index (χ3n) is 5.64. The molecule has 0 spiro atoms. The van der Waals surface area contributed by atoms with Crippen LogP contribution in [-0.2, 0) is 4.74 Å². The van der Waals surface area contributed by atoms with Gasteiger partial charge < -0.3 is 28.8 Å². The number of methoxy groups -OCH3 is 4. The van der Waals surface area contributed by atoms with Gasteiger partial charge in [-0.1, -0.05) is 19.9 Å². The normalized spacial score (nSPS) is 24.1. The van der Waals surface area contributed by atoms with Crippen LogP contribution >= 0.6 is 0 Å². The van der Waals surface area contributed by atoms with Gasteiger partial charge in [-0.2, -0.15) is 0 Å². The molecule has 0 aromatic heterocycles. The Balaban J connectivity index is 1.95. The van der Waals surface area contributed by atoms with Crippen LogP contribution < -0.4 is 18.9 Å². The smallest absolute Gasteiger partial charge is 0.200 e. The van der Waals surface area contributed by atoms with Crippen molar-refractivity contribution in [2.24, 2.45) is 11.8 Å². The van der Waals surface area contributed by atoms with Crippen molar-refractivity contribution in [3.8, 4) is 28.7 Å². The summed E-state index contributed by atoms with van der Waals surface area (Å²) in [5, 5.41) is 10.2. The number of hydrogen-bond acceptors (Lipinski definition) is 6. The summed E-state index contributed by atoms with van der Waals surface area (Å²) in [7, 11) is 6.29. The maximum absolute atomic E-state index is 10.2. The number of aromatic hydroxyl groups is 1. The van der Waals surface area contributed by atoms with E-state index in [-0.39, 0.29) is 29.8 Å². The molecule has 152 valence electrons. The largest absolute Gasteiger partial charge is 0.502 e. The monoisotopic (exact) mass is 388 g/mol. The Labute approximate surface area is 165 Å². The molecular weight excluding hydrogens is 360 g/mol. The molecule has 4 atom stereocenters. The van der Waals surface area contributed by atoms with E-state index in [2.05, 4.69) is 13.8 Å². The van der Waals surface area contributed by atoms with Gasteiger partial charge in [0.25, 0.3) is 0 Å². The number of phenols is 1. The summed E-state index contributed by atoms with van der Waals surface area (Å²) in [5.74, 6) is 2.61. The van der Waals surface area contributed by atoms with E-state index in [9.17, 15) is 5.11 Å². The zero-order valence-electron chi connectivity index (χ0n) is 17.2. The van der Waals surface area contributed by atoms with Crippen LogP contribution in [0.4, 0.5) is 0 Å². The minimum absolute atomic E-state index is 0.0103. The van der Waals surface area contributed by atoms with Crippen LogP contribution in [0, 0.1) is 11.8 Å². The standard InChI is InChI=1S/C22H28O6/c1-12-13(2)22(15-10-18(26-5)20(23)19(11-15)27-6)28-21(12)14-7-8-16(24-3)17(9-14)25-4/h7-13,21-23H,1-6H3/t12-,13+,21+,22-/m0/s1. The zero-order valence-corrected chi connectivity index (χ0v) is 17.2. The van der Waals surface area contributed by atoms with Gasteiger partial charge in [0.1, 0.15) is 0 Å². The van der Waals surface area contributed by atoms with E-state index in [1.54, 1.807) is 14.2 Å². The number of ether oxygens (including phenoxy) is 5. The van der Waals surface area contributed by atoms with E-state index in [0.717, 1.165) is 11.1 Å². The van der Waals surface area contributed by atoms with E-state index in [0.29, 0.717) is 23.0 Å². The highest BCUT2D eigenvalue weighted by Gasteiger charge is 2.41. The van der Waals surface area contributed by atoms with E-state index < -0.39 is 0 Å². The molecule has 1 aliphatic heterocycles. The van der Waals surface area contributed by atoms with Gasteiger partial charge in [0.05, 0.1) is 40.6 Å². The van der Waals surface area contributed by atoms with Crippen molar-refractivity contribution in [2.75, 3.05) is 28.4 Å². The SMILES string of the molecule is COc1ccc([C@@H]2O[C@H](c3cc(OC)c(O)c(OC)c3)[C@H](C)[C@@H]2C)cc1OC. The summed E-state index contributed by atoms with van der Waals surface area (Å²) >= 11 is 0. The maximum Gasteiger partial charge on any atom is 0.200 e. The quantitative estimate of drug-likeness (QED) is 0.785. The van der Waals surface area contributed by atoms with Gasteiger partial charge in [-0.05, 0) is 47.2 Å². The molecule has 1 aliphatic rings. The fourth-order valence-corrected chi connectivity index (χ4v) is 3.83. The molecule has 1 heterocycles. The van der Waals surface area contributed by atoms with Crippen LogP contribution in [0.3, 0.4) is 0 Å². The number of rotatable bonds is 6.